The Morgan fingerprint density at radius 3 is 3.10 bits per heavy atom. The highest BCUT2D eigenvalue weighted by Gasteiger charge is 2.20. The summed E-state index contributed by atoms with van der Waals surface area (Å²) in [4.78, 5) is 12.9. The van der Waals surface area contributed by atoms with Gasteiger partial charge in [-0.25, -0.2) is 4.79 Å². The Hall–Kier alpha value is -1.52. The van der Waals surface area contributed by atoms with Crippen molar-refractivity contribution in [1.29, 1.82) is 0 Å². The van der Waals surface area contributed by atoms with Crippen LogP contribution in [0.3, 0.4) is 0 Å². The summed E-state index contributed by atoms with van der Waals surface area (Å²) >= 11 is 7.80. The number of hydrogen-bond acceptors (Lipinski definition) is 4. The van der Waals surface area contributed by atoms with Crippen LogP contribution in [0.5, 0.6) is 5.75 Å². The first-order valence-electron chi connectivity index (χ1n) is 6.32. The molecule has 1 aliphatic rings. The summed E-state index contributed by atoms with van der Waals surface area (Å²) in [7, 11) is 1.35. The van der Waals surface area contributed by atoms with Crippen LogP contribution in [0.4, 0.5) is 0 Å². The van der Waals surface area contributed by atoms with E-state index in [2.05, 4.69) is 11.4 Å². The molecule has 0 amide bonds. The van der Waals surface area contributed by atoms with Crippen molar-refractivity contribution in [2.75, 3.05) is 13.7 Å². The molecule has 0 spiro atoms. The normalized spacial score (nSPS) is 13.5. The number of carbonyl (C=O) groups is 1. The Bertz CT molecular complexity index is 663. The second-order valence-corrected chi connectivity index (χ2v) is 5.87. The molecule has 0 aliphatic carbocycles. The lowest BCUT2D eigenvalue weighted by Gasteiger charge is -2.17. The fourth-order valence-electron chi connectivity index (χ4n) is 2.33. The van der Waals surface area contributed by atoms with E-state index in [9.17, 15) is 4.79 Å². The van der Waals surface area contributed by atoms with Gasteiger partial charge in [0.15, 0.2) is 0 Å². The zero-order chi connectivity index (χ0) is 14.1. The number of methoxy groups -OCH3 is 1. The van der Waals surface area contributed by atoms with Gasteiger partial charge < -0.3 is 9.47 Å². The van der Waals surface area contributed by atoms with E-state index in [1.807, 2.05) is 0 Å². The molecule has 0 fully saturated rings. The first-order valence-corrected chi connectivity index (χ1v) is 7.58. The van der Waals surface area contributed by atoms with Crippen molar-refractivity contribution in [3.05, 3.63) is 39.7 Å². The number of rotatable bonds is 1. The minimum atomic E-state index is -0.432. The van der Waals surface area contributed by atoms with Crippen LogP contribution in [0.25, 0.3) is 10.4 Å². The molecule has 5 heteroatoms. The first-order chi connectivity index (χ1) is 9.70. The third kappa shape index (κ3) is 2.30. The molecule has 1 aromatic heterocycles. The molecule has 0 bridgehead atoms. The average Bonchev–Trinajstić information content (AvgIpc) is 2.88. The SMILES string of the molecule is COC(=O)c1cc2c(cc1Cl)OCCCc1ccsc1-2. The van der Waals surface area contributed by atoms with Gasteiger partial charge in [-0.1, -0.05) is 11.6 Å². The molecule has 2 heterocycles. The Morgan fingerprint density at radius 1 is 1.45 bits per heavy atom. The van der Waals surface area contributed by atoms with Gasteiger partial charge in [0.05, 0.1) is 24.3 Å². The molecule has 0 unspecified atom stereocenters. The Balaban J connectivity index is 2.20. The molecule has 0 saturated carbocycles. The first kappa shape index (κ1) is 13.5. The molecule has 0 N–H and O–H groups in total. The van der Waals surface area contributed by atoms with E-state index in [-0.39, 0.29) is 0 Å². The maximum absolute atomic E-state index is 11.8. The van der Waals surface area contributed by atoms with Gasteiger partial charge in [-0.15, -0.1) is 11.3 Å². The van der Waals surface area contributed by atoms with Gasteiger partial charge >= 0.3 is 5.97 Å². The van der Waals surface area contributed by atoms with Crippen molar-refractivity contribution in [3.8, 4) is 16.2 Å². The van der Waals surface area contributed by atoms with Crippen LogP contribution in [0.1, 0.15) is 22.3 Å². The lowest BCUT2D eigenvalue weighted by molar-refractivity contribution is 0.0601. The zero-order valence-electron chi connectivity index (χ0n) is 10.9. The topological polar surface area (TPSA) is 35.5 Å². The van der Waals surface area contributed by atoms with Crippen molar-refractivity contribution in [2.24, 2.45) is 0 Å². The quantitative estimate of drug-likeness (QED) is 0.741. The molecular formula is C15H13ClO3S. The fraction of sp³-hybridized carbons (Fsp3) is 0.267. The second kappa shape index (κ2) is 5.46. The van der Waals surface area contributed by atoms with Crippen LogP contribution in [-0.2, 0) is 11.2 Å². The molecule has 1 aromatic carbocycles. The number of thiophene rings is 1. The van der Waals surface area contributed by atoms with Crippen LogP contribution in [0.2, 0.25) is 5.02 Å². The van der Waals surface area contributed by atoms with Gasteiger partial charge in [-0.05, 0) is 35.9 Å². The highest BCUT2D eigenvalue weighted by Crippen LogP contribution is 2.41. The fourth-order valence-corrected chi connectivity index (χ4v) is 3.54. The number of halogens is 1. The predicted molar refractivity (Wildman–Crippen MR) is 79.9 cm³/mol. The third-order valence-corrected chi connectivity index (χ3v) is 4.62. The van der Waals surface area contributed by atoms with Crippen molar-refractivity contribution >= 4 is 28.9 Å². The molecule has 104 valence electrons. The summed E-state index contributed by atoms with van der Waals surface area (Å²) in [6.45, 7) is 0.649. The number of esters is 1. The zero-order valence-corrected chi connectivity index (χ0v) is 12.5. The van der Waals surface area contributed by atoms with Crippen molar-refractivity contribution in [1.82, 2.24) is 0 Å². The summed E-state index contributed by atoms with van der Waals surface area (Å²) in [6.07, 6.45) is 1.95. The van der Waals surface area contributed by atoms with E-state index in [1.54, 1.807) is 23.5 Å². The van der Waals surface area contributed by atoms with Crippen LogP contribution in [-0.4, -0.2) is 19.7 Å². The third-order valence-electron chi connectivity index (χ3n) is 3.31. The minimum absolute atomic E-state index is 0.356. The van der Waals surface area contributed by atoms with Crippen molar-refractivity contribution < 1.29 is 14.3 Å². The average molecular weight is 309 g/mol. The van der Waals surface area contributed by atoms with Crippen molar-refractivity contribution in [2.45, 2.75) is 12.8 Å². The van der Waals surface area contributed by atoms with Gasteiger partial charge in [0.1, 0.15) is 5.75 Å². The maximum atomic E-state index is 11.8. The number of aryl methyl sites for hydroxylation is 1. The summed E-state index contributed by atoms with van der Waals surface area (Å²) in [6, 6.07) is 5.60. The second-order valence-electron chi connectivity index (χ2n) is 4.55. The number of fused-ring (bicyclic) bond motifs is 3. The minimum Gasteiger partial charge on any atom is -0.493 e. The lowest BCUT2D eigenvalue weighted by atomic mass is 10.0. The highest BCUT2D eigenvalue weighted by molar-refractivity contribution is 7.13. The monoisotopic (exact) mass is 308 g/mol. The van der Waals surface area contributed by atoms with Crippen molar-refractivity contribution in [3.63, 3.8) is 0 Å². The highest BCUT2D eigenvalue weighted by atomic mass is 35.5. The van der Waals surface area contributed by atoms with Gasteiger partial charge in [-0.3, -0.25) is 0 Å². The molecular weight excluding hydrogens is 296 g/mol. The van der Waals surface area contributed by atoms with E-state index in [1.165, 1.54) is 12.7 Å². The molecule has 3 rings (SSSR count). The summed E-state index contributed by atoms with van der Waals surface area (Å²) in [5.74, 6) is 0.295. The number of hydrogen-bond donors (Lipinski definition) is 0. The Kier molecular flexibility index (Phi) is 3.68. The molecule has 3 nitrogen and oxygen atoms in total. The van der Waals surface area contributed by atoms with E-state index in [0.29, 0.717) is 17.2 Å². The number of benzene rings is 1. The van der Waals surface area contributed by atoms with E-state index >= 15 is 0 Å². The van der Waals surface area contributed by atoms with Gasteiger partial charge in [0, 0.05) is 16.5 Å². The summed E-state index contributed by atoms with van der Waals surface area (Å²) < 4.78 is 10.5. The van der Waals surface area contributed by atoms with Crippen LogP contribution in [0, 0.1) is 0 Å². The lowest BCUT2D eigenvalue weighted by Crippen LogP contribution is -2.07. The Labute approximate surface area is 126 Å². The standard InChI is InChI=1S/C15H13ClO3S/c1-18-15(17)10-7-11-13(8-12(10)16)19-5-2-3-9-4-6-20-14(9)11/h4,6-8H,2-3,5H2,1H3. The maximum Gasteiger partial charge on any atom is 0.339 e. The van der Waals surface area contributed by atoms with Crippen LogP contribution < -0.4 is 4.74 Å². The molecule has 2 aromatic rings. The molecule has 20 heavy (non-hydrogen) atoms. The van der Waals surface area contributed by atoms with E-state index in [0.717, 1.165) is 29.0 Å². The molecule has 0 atom stereocenters. The van der Waals surface area contributed by atoms with Gasteiger partial charge in [0.25, 0.3) is 0 Å². The summed E-state index contributed by atoms with van der Waals surface area (Å²) in [5, 5.41) is 2.42. The molecule has 1 aliphatic heterocycles. The number of carbonyl (C=O) groups excluding carboxylic acids is 1. The predicted octanol–water partition coefficient (Wildman–Crippen LogP) is 4.18. The van der Waals surface area contributed by atoms with Gasteiger partial charge in [0.2, 0.25) is 0 Å². The van der Waals surface area contributed by atoms with Crippen LogP contribution >= 0.6 is 22.9 Å². The molecule has 0 saturated heterocycles. The smallest absolute Gasteiger partial charge is 0.339 e. The Morgan fingerprint density at radius 2 is 2.30 bits per heavy atom. The van der Waals surface area contributed by atoms with E-state index < -0.39 is 5.97 Å². The summed E-state index contributed by atoms with van der Waals surface area (Å²) in [5.41, 5.74) is 2.58. The molecule has 0 radical (unpaired) electrons. The largest absolute Gasteiger partial charge is 0.493 e. The van der Waals surface area contributed by atoms with E-state index in [4.69, 9.17) is 21.1 Å². The van der Waals surface area contributed by atoms with Gasteiger partial charge in [-0.2, -0.15) is 0 Å². The van der Waals surface area contributed by atoms with Crippen LogP contribution in [0.15, 0.2) is 23.6 Å². The number of ether oxygens (including phenoxy) is 2.